The van der Waals surface area contributed by atoms with Gasteiger partial charge >= 0.3 is 0 Å². The molecule has 3 rings (SSSR count). The number of hydrogen-bond donors (Lipinski definition) is 1. The zero-order chi connectivity index (χ0) is 29.6. The summed E-state index contributed by atoms with van der Waals surface area (Å²) in [5.74, 6) is 4.60. The van der Waals surface area contributed by atoms with Crippen molar-refractivity contribution >= 4 is 8.32 Å². The van der Waals surface area contributed by atoms with Gasteiger partial charge in [-0.1, -0.05) is 62.9 Å². The molecule has 0 spiro atoms. The molecule has 0 aliphatic carbocycles. The monoisotopic (exact) mass is 576 g/mol. The Morgan fingerprint density at radius 3 is 2.17 bits per heavy atom. The van der Waals surface area contributed by atoms with E-state index in [9.17, 15) is 5.11 Å². The van der Waals surface area contributed by atoms with E-state index >= 15 is 0 Å². The molecule has 0 amide bonds. The molecule has 0 saturated carbocycles. The summed E-state index contributed by atoms with van der Waals surface area (Å²) in [6.45, 7) is 20.6. The minimum Gasteiger partial charge on any atom is -0.417 e. The molecule has 7 nitrogen and oxygen atoms in total. The van der Waals surface area contributed by atoms with Crippen LogP contribution in [0.3, 0.4) is 0 Å². The van der Waals surface area contributed by atoms with Crippen LogP contribution in [0.15, 0.2) is 30.3 Å². The molecule has 1 aromatic rings. The normalized spacial score (nSPS) is 27.4. The van der Waals surface area contributed by atoms with E-state index in [4.69, 9.17) is 28.1 Å². The van der Waals surface area contributed by atoms with E-state index in [1.54, 1.807) is 0 Å². The summed E-state index contributed by atoms with van der Waals surface area (Å²) in [4.78, 5) is 0. The second-order valence-electron chi connectivity index (χ2n) is 13.5. The summed E-state index contributed by atoms with van der Waals surface area (Å²) in [6.07, 6.45) is 0.801. The average molecular weight is 577 g/mol. The van der Waals surface area contributed by atoms with Crippen molar-refractivity contribution in [1.29, 1.82) is 0 Å². The predicted molar refractivity (Wildman–Crippen MR) is 159 cm³/mol. The summed E-state index contributed by atoms with van der Waals surface area (Å²) < 4.78 is 36.7. The maximum atomic E-state index is 11.0. The lowest BCUT2D eigenvalue weighted by atomic mass is 10.0. The van der Waals surface area contributed by atoms with Gasteiger partial charge < -0.3 is 33.2 Å². The number of aliphatic hydroxyl groups is 1. The lowest BCUT2D eigenvalue weighted by molar-refractivity contribution is -0.310. The Hall–Kier alpha value is -1.28. The van der Waals surface area contributed by atoms with Crippen molar-refractivity contribution in [1.82, 2.24) is 0 Å². The van der Waals surface area contributed by atoms with Crippen LogP contribution in [0.4, 0.5) is 0 Å². The van der Waals surface area contributed by atoms with Crippen molar-refractivity contribution in [3.8, 4) is 11.8 Å². The molecule has 2 fully saturated rings. The lowest BCUT2D eigenvalue weighted by Crippen LogP contribution is -2.49. The maximum absolute atomic E-state index is 11.0. The molecule has 0 aromatic heterocycles. The molecule has 0 radical (unpaired) electrons. The van der Waals surface area contributed by atoms with Crippen molar-refractivity contribution in [2.75, 3.05) is 13.2 Å². The molecule has 2 aliphatic heterocycles. The van der Waals surface area contributed by atoms with Crippen LogP contribution in [0.25, 0.3) is 0 Å². The van der Waals surface area contributed by atoms with Crippen molar-refractivity contribution in [3.63, 3.8) is 0 Å². The number of hydrogen-bond acceptors (Lipinski definition) is 7. The Morgan fingerprint density at radius 1 is 0.925 bits per heavy atom. The van der Waals surface area contributed by atoms with Crippen LogP contribution in [0.1, 0.15) is 79.7 Å². The van der Waals surface area contributed by atoms with Crippen LogP contribution in [-0.2, 0) is 34.7 Å². The standard InChI is InChI=1S/C32H52O7Si/c1-30(2,3)40(8,9)35-20-18-27-22-29(39-32(6,7)38-27)28(33)16-15-25-21-26(37-31(4,5)36-25)17-19-34-23-24-13-11-10-12-14-24/h10-14,25-29,33H,17-23H2,1-9H3/t25-,26+,27-,28-,29-/m1/s1. The van der Waals surface area contributed by atoms with Crippen molar-refractivity contribution in [2.24, 2.45) is 0 Å². The van der Waals surface area contributed by atoms with Crippen LogP contribution in [0.5, 0.6) is 0 Å². The zero-order valence-electron chi connectivity index (χ0n) is 26.1. The fourth-order valence-corrected chi connectivity index (χ4v) is 5.86. The van der Waals surface area contributed by atoms with E-state index in [1.807, 2.05) is 45.9 Å². The van der Waals surface area contributed by atoms with E-state index in [0.717, 1.165) is 18.4 Å². The third-order valence-electron chi connectivity index (χ3n) is 7.88. The number of benzene rings is 1. The van der Waals surface area contributed by atoms with Gasteiger partial charge in [-0.3, -0.25) is 0 Å². The molecule has 1 N–H and O–H groups in total. The third kappa shape index (κ3) is 10.5. The van der Waals surface area contributed by atoms with Gasteiger partial charge in [0.1, 0.15) is 18.3 Å². The second-order valence-corrected chi connectivity index (χ2v) is 18.3. The molecule has 40 heavy (non-hydrogen) atoms. The Morgan fingerprint density at radius 2 is 1.52 bits per heavy atom. The summed E-state index contributed by atoms with van der Waals surface area (Å²) >= 11 is 0. The first-order chi connectivity index (χ1) is 18.6. The molecule has 2 saturated heterocycles. The second kappa shape index (κ2) is 13.8. The van der Waals surface area contributed by atoms with Gasteiger partial charge in [-0.05, 0) is 64.2 Å². The molecular formula is C32H52O7Si. The topological polar surface area (TPSA) is 75.6 Å². The molecule has 5 atom stereocenters. The Kier molecular flexibility index (Phi) is 11.5. The molecule has 2 heterocycles. The minimum absolute atomic E-state index is 0.0421. The van der Waals surface area contributed by atoms with Crippen LogP contribution >= 0.6 is 0 Å². The molecule has 0 bridgehead atoms. The van der Waals surface area contributed by atoms with Gasteiger partial charge in [-0.2, -0.15) is 0 Å². The van der Waals surface area contributed by atoms with E-state index in [-0.39, 0.29) is 23.4 Å². The summed E-state index contributed by atoms with van der Waals surface area (Å²) in [5.41, 5.74) is 1.15. The van der Waals surface area contributed by atoms with Crippen LogP contribution in [0.2, 0.25) is 18.1 Å². The van der Waals surface area contributed by atoms with Gasteiger partial charge in [0.05, 0.1) is 18.8 Å². The highest BCUT2D eigenvalue weighted by Crippen LogP contribution is 2.37. The van der Waals surface area contributed by atoms with E-state index in [0.29, 0.717) is 32.7 Å². The highest BCUT2D eigenvalue weighted by atomic mass is 28.4. The van der Waals surface area contributed by atoms with Gasteiger partial charge in [0.2, 0.25) is 0 Å². The number of ether oxygens (including phenoxy) is 5. The molecular weight excluding hydrogens is 524 g/mol. The van der Waals surface area contributed by atoms with Crippen molar-refractivity contribution in [2.45, 2.75) is 141 Å². The number of aliphatic hydroxyl groups excluding tert-OH is 1. The summed E-state index contributed by atoms with van der Waals surface area (Å²) in [5, 5.41) is 11.2. The summed E-state index contributed by atoms with van der Waals surface area (Å²) in [6, 6.07) is 10.1. The molecule has 1 aromatic carbocycles. The van der Waals surface area contributed by atoms with Crippen LogP contribution < -0.4 is 0 Å². The smallest absolute Gasteiger partial charge is 0.191 e. The lowest BCUT2D eigenvalue weighted by Gasteiger charge is -2.42. The van der Waals surface area contributed by atoms with Crippen molar-refractivity contribution in [3.05, 3.63) is 35.9 Å². The Labute approximate surface area is 243 Å². The zero-order valence-corrected chi connectivity index (χ0v) is 27.1. The van der Waals surface area contributed by atoms with Crippen LogP contribution in [-0.4, -0.2) is 68.7 Å². The molecule has 0 unspecified atom stereocenters. The van der Waals surface area contributed by atoms with Crippen LogP contribution in [0, 0.1) is 11.8 Å². The fourth-order valence-electron chi connectivity index (χ4n) is 4.80. The first-order valence-electron chi connectivity index (χ1n) is 14.7. The minimum atomic E-state index is -1.83. The van der Waals surface area contributed by atoms with Crippen molar-refractivity contribution < 1.29 is 33.2 Å². The Balaban J connectivity index is 1.52. The summed E-state index contributed by atoms with van der Waals surface area (Å²) in [7, 11) is -1.83. The quantitative estimate of drug-likeness (QED) is 0.202. The van der Waals surface area contributed by atoms with Gasteiger partial charge in [0, 0.05) is 26.1 Å². The molecule has 8 heteroatoms. The van der Waals surface area contributed by atoms with Gasteiger partial charge in [0.25, 0.3) is 0 Å². The average Bonchev–Trinajstić information content (AvgIpc) is 2.83. The number of rotatable bonds is 10. The van der Waals surface area contributed by atoms with Gasteiger partial charge in [0.15, 0.2) is 19.9 Å². The SMILES string of the molecule is CC1(C)O[C@@H](CCOCc2ccccc2)C[C@@H](C#C[C@@H](O)[C@H]2C[C@@H](CCO[Si](C)(C)C(C)(C)C)OC(C)(C)O2)O1. The van der Waals surface area contributed by atoms with E-state index < -0.39 is 32.1 Å². The highest BCUT2D eigenvalue weighted by Gasteiger charge is 2.40. The fraction of sp³-hybridized carbons (Fsp3) is 0.750. The van der Waals surface area contributed by atoms with E-state index in [1.165, 1.54) is 0 Å². The third-order valence-corrected chi connectivity index (χ3v) is 12.4. The largest absolute Gasteiger partial charge is 0.417 e. The first kappa shape index (κ1) is 33.2. The Bertz CT molecular complexity index is 976. The maximum Gasteiger partial charge on any atom is 0.191 e. The van der Waals surface area contributed by atoms with E-state index in [2.05, 4.69) is 57.8 Å². The van der Waals surface area contributed by atoms with Gasteiger partial charge in [-0.15, -0.1) is 0 Å². The predicted octanol–water partition coefficient (Wildman–Crippen LogP) is 6.19. The van der Waals surface area contributed by atoms with Gasteiger partial charge in [-0.25, -0.2) is 0 Å². The molecule has 226 valence electrons. The molecule has 2 aliphatic rings. The first-order valence-corrected chi connectivity index (χ1v) is 17.6. The highest BCUT2D eigenvalue weighted by molar-refractivity contribution is 6.74.